The van der Waals surface area contributed by atoms with Crippen molar-refractivity contribution >= 4 is 48.9 Å². The van der Waals surface area contributed by atoms with E-state index in [1.54, 1.807) is 11.3 Å². The van der Waals surface area contributed by atoms with Crippen LogP contribution in [0.3, 0.4) is 0 Å². The average molecular weight is 949 g/mol. The molecule has 0 atom stereocenters. The summed E-state index contributed by atoms with van der Waals surface area (Å²) >= 11 is 1.80. The third kappa shape index (κ3) is 9.09. The molecule has 0 amide bonds. The predicted molar refractivity (Wildman–Crippen MR) is 236 cm³/mol. The van der Waals surface area contributed by atoms with Gasteiger partial charge in [0.25, 0.3) is 0 Å². The van der Waals surface area contributed by atoms with Crippen LogP contribution in [0.4, 0.5) is 0 Å². The summed E-state index contributed by atoms with van der Waals surface area (Å²) in [5.74, 6) is 1.89. The molecule has 0 aliphatic heterocycles. The number of ketones is 1. The largest absolute Gasteiger partial charge is 0.512 e. The van der Waals surface area contributed by atoms with Crippen LogP contribution < -0.4 is 0 Å². The molecule has 1 N–H and O–H groups in total. The molecule has 6 heteroatoms. The normalized spacial score (nSPS) is 12.6. The molecule has 0 aliphatic carbocycles. The van der Waals surface area contributed by atoms with Gasteiger partial charge in [-0.1, -0.05) is 111 Å². The van der Waals surface area contributed by atoms with Gasteiger partial charge >= 0.3 is 0 Å². The van der Waals surface area contributed by atoms with Crippen molar-refractivity contribution in [3.8, 4) is 21.9 Å². The third-order valence-corrected chi connectivity index (χ3v) is 13.4. The van der Waals surface area contributed by atoms with E-state index in [1.807, 2.05) is 47.7 Å². The molecule has 1 radical (unpaired) electrons. The first kappa shape index (κ1) is 45.1. The van der Waals surface area contributed by atoms with Crippen LogP contribution in [0.5, 0.6) is 0 Å². The fraction of sp³-hybridized carbons (Fsp3) is 0.440. The number of aromatic nitrogens is 1. The molecule has 3 aromatic carbocycles. The molecule has 0 spiro atoms. The van der Waals surface area contributed by atoms with E-state index in [9.17, 15) is 9.90 Å². The number of aliphatic hydroxyl groups is 1. The van der Waals surface area contributed by atoms with Gasteiger partial charge in [0.15, 0.2) is 5.78 Å². The van der Waals surface area contributed by atoms with Gasteiger partial charge < -0.3 is 9.52 Å². The van der Waals surface area contributed by atoms with Gasteiger partial charge in [-0.25, -0.2) is 0 Å². The Morgan fingerprint density at radius 1 is 0.875 bits per heavy atom. The van der Waals surface area contributed by atoms with Gasteiger partial charge in [0.05, 0.1) is 4.88 Å². The number of furan rings is 1. The summed E-state index contributed by atoms with van der Waals surface area (Å²) < 4.78 is 7.73. The van der Waals surface area contributed by atoms with Gasteiger partial charge in [-0.05, 0) is 92.0 Å². The Bertz CT molecular complexity index is 2340. The summed E-state index contributed by atoms with van der Waals surface area (Å²) in [6.45, 7) is 27.8. The van der Waals surface area contributed by atoms with Crippen molar-refractivity contribution in [1.82, 2.24) is 4.98 Å². The van der Waals surface area contributed by atoms with E-state index in [0.717, 1.165) is 60.1 Å². The van der Waals surface area contributed by atoms with Crippen LogP contribution in [0.1, 0.15) is 124 Å². The summed E-state index contributed by atoms with van der Waals surface area (Å²) in [5, 5.41) is 14.9. The van der Waals surface area contributed by atoms with E-state index >= 15 is 0 Å². The molecule has 3 heterocycles. The number of nitrogens with zero attached hydrogens (tertiary/aromatic N) is 1. The zero-order valence-electron chi connectivity index (χ0n) is 35.9. The number of allylic oxidation sites excluding steroid dienone is 2. The maximum atomic E-state index is 12.2. The first-order chi connectivity index (χ1) is 25.9. The van der Waals surface area contributed by atoms with Crippen molar-refractivity contribution in [3.63, 3.8) is 0 Å². The topological polar surface area (TPSA) is 63.3 Å². The van der Waals surface area contributed by atoms with Gasteiger partial charge in [0.1, 0.15) is 17.1 Å². The van der Waals surface area contributed by atoms with Gasteiger partial charge in [0, 0.05) is 64.6 Å². The monoisotopic (exact) mass is 949 g/mol. The number of carbonyl (C=O) groups is 1. The fourth-order valence-electron chi connectivity index (χ4n) is 7.36. The van der Waals surface area contributed by atoms with Crippen molar-refractivity contribution in [2.24, 2.45) is 16.7 Å². The minimum atomic E-state index is -0.337. The summed E-state index contributed by atoms with van der Waals surface area (Å²) in [4.78, 5) is 18.3. The molecule has 0 aliphatic rings. The minimum absolute atomic E-state index is 0. The number of benzene rings is 3. The zero-order valence-corrected chi connectivity index (χ0v) is 39.1. The van der Waals surface area contributed by atoms with Gasteiger partial charge in [-0.3, -0.25) is 9.78 Å². The predicted octanol–water partition coefficient (Wildman–Crippen LogP) is 15.1. The number of fused-ring (bicyclic) bond motifs is 3. The molecule has 0 saturated heterocycles. The molecule has 4 nitrogen and oxygen atoms in total. The number of aliphatic hydroxyl groups excluding tert-OH is 1. The molecule has 6 aromatic rings. The molecule has 0 fully saturated rings. The summed E-state index contributed by atoms with van der Waals surface area (Å²) in [5.41, 5.74) is 7.51. The molecule has 0 unspecified atom stereocenters. The van der Waals surface area contributed by atoms with Crippen molar-refractivity contribution in [2.45, 2.75) is 128 Å². The van der Waals surface area contributed by atoms with Crippen molar-refractivity contribution in [2.75, 3.05) is 0 Å². The number of thiophene rings is 1. The number of hydrogen-bond acceptors (Lipinski definition) is 5. The van der Waals surface area contributed by atoms with E-state index in [1.165, 1.54) is 54.1 Å². The van der Waals surface area contributed by atoms with E-state index in [2.05, 4.69) is 109 Å². The Hall–Kier alpha value is -3.57. The van der Waals surface area contributed by atoms with Crippen LogP contribution >= 0.6 is 11.3 Å². The maximum Gasteiger partial charge on any atom is 0.164 e. The second-order valence-electron chi connectivity index (χ2n) is 17.4. The summed E-state index contributed by atoms with van der Waals surface area (Å²) in [7, 11) is 0. The quantitative estimate of drug-likeness (QED) is 0.0798. The number of hydrogen-bond donors (Lipinski definition) is 1. The average Bonchev–Trinajstić information content (AvgIpc) is 3.68. The minimum Gasteiger partial charge on any atom is -0.512 e. The SMILES string of the molecule is CCC(C)(CC)C(=O)/C=C(\O)C(C)(CC)CC.Cc1c(-c2sc3ccnc(-c4[c-]c5ccccc5c(C(C)(C)C)c4)c3c2C)oc2ccc(CC(C)C)cc12.[Ir]. The van der Waals surface area contributed by atoms with Crippen LogP contribution in [0.15, 0.2) is 77.0 Å². The van der Waals surface area contributed by atoms with Crippen molar-refractivity contribution in [1.29, 1.82) is 0 Å². The number of pyridine rings is 1. The molecule has 56 heavy (non-hydrogen) atoms. The Kier molecular flexibility index (Phi) is 14.4. The summed E-state index contributed by atoms with van der Waals surface area (Å²) in [6, 6.07) is 23.3. The zero-order chi connectivity index (χ0) is 40.5. The second kappa shape index (κ2) is 17.9. The molecule has 301 valence electrons. The number of aryl methyl sites for hydroxylation is 2. The Labute approximate surface area is 353 Å². The smallest absolute Gasteiger partial charge is 0.164 e. The molecule has 3 aromatic heterocycles. The van der Waals surface area contributed by atoms with E-state index in [-0.39, 0.29) is 47.9 Å². The molecular weight excluding hydrogens is 887 g/mol. The molecule has 0 bridgehead atoms. The first-order valence-corrected chi connectivity index (χ1v) is 21.0. The van der Waals surface area contributed by atoms with Gasteiger partial charge in [-0.2, -0.15) is 0 Å². The number of rotatable bonds is 11. The van der Waals surface area contributed by atoms with Crippen LogP contribution in [0, 0.1) is 36.7 Å². The van der Waals surface area contributed by atoms with E-state index in [4.69, 9.17) is 9.40 Å². The van der Waals surface area contributed by atoms with Gasteiger partial charge in [-0.15, -0.1) is 40.5 Å². The first-order valence-electron chi connectivity index (χ1n) is 20.2. The Morgan fingerprint density at radius 2 is 1.52 bits per heavy atom. The second-order valence-corrected chi connectivity index (χ2v) is 18.4. The number of carbonyl (C=O) groups excluding carboxylic acids is 1. The van der Waals surface area contributed by atoms with Crippen molar-refractivity contribution < 1.29 is 34.4 Å². The third-order valence-electron chi connectivity index (χ3n) is 12.1. The van der Waals surface area contributed by atoms with Crippen LogP contribution in [0.2, 0.25) is 0 Å². The van der Waals surface area contributed by atoms with Crippen LogP contribution in [-0.2, 0) is 36.7 Å². The van der Waals surface area contributed by atoms with Crippen LogP contribution in [0.25, 0.3) is 53.7 Å². The molecule has 6 rings (SSSR count). The molecular formula is C50H62IrNO3S-. The fourth-order valence-corrected chi connectivity index (χ4v) is 8.60. The van der Waals surface area contributed by atoms with Crippen molar-refractivity contribution in [3.05, 3.63) is 101 Å². The molecule has 0 saturated carbocycles. The van der Waals surface area contributed by atoms with E-state index < -0.39 is 0 Å². The summed E-state index contributed by atoms with van der Waals surface area (Å²) in [6.07, 6.45) is 7.76. The van der Waals surface area contributed by atoms with E-state index in [0.29, 0.717) is 5.92 Å². The van der Waals surface area contributed by atoms with Crippen LogP contribution in [-0.4, -0.2) is 15.9 Å². The maximum absolute atomic E-state index is 12.2. The van der Waals surface area contributed by atoms with Gasteiger partial charge in [0.2, 0.25) is 0 Å². The Morgan fingerprint density at radius 3 is 2.12 bits per heavy atom. The Balaban J connectivity index is 0.000000330. The standard InChI is InChI=1S/C35H34NOS.C15H28O2.Ir/c1-20(2)16-23-12-13-29-27(17-23)21(3)33(37-29)34-22(4)31-30(38-34)14-15-36-32(31)25-18-24-10-8-9-11-26(24)28(19-25)35(5,6)7;1-7-14(5,8-2)12(16)11-13(17)15(6,9-3)10-4;/h8-15,17,19-20H,16H2,1-7H3;11,16H,7-10H2,1-6H3;/q-1;;/b;12-11-;.